The van der Waals surface area contributed by atoms with E-state index in [2.05, 4.69) is 4.98 Å². The van der Waals surface area contributed by atoms with E-state index >= 15 is 0 Å². The topological polar surface area (TPSA) is 57.4 Å². The maximum atomic E-state index is 6.33. The molecule has 0 radical (unpaired) electrons. The van der Waals surface area contributed by atoms with Gasteiger partial charge in [-0.2, -0.15) is 0 Å². The number of ether oxygens (including phenoxy) is 2. The minimum atomic E-state index is -0.0997. The molecule has 1 aromatic heterocycles. The molecule has 4 nitrogen and oxygen atoms in total. The molecule has 1 unspecified atom stereocenters. The fraction of sp³-hybridized carbons (Fsp3) is 0.227. The Hall–Kier alpha value is -2.56. The maximum absolute atomic E-state index is 6.33. The number of halogens is 1. The van der Waals surface area contributed by atoms with Gasteiger partial charge in [-0.15, -0.1) is 0 Å². The molecule has 0 aliphatic heterocycles. The monoisotopic (exact) mass is 382 g/mol. The van der Waals surface area contributed by atoms with E-state index in [1.807, 2.05) is 61.5 Å². The number of hydrogen-bond acceptors (Lipinski definition) is 4. The van der Waals surface area contributed by atoms with E-state index in [0.29, 0.717) is 36.2 Å². The van der Waals surface area contributed by atoms with Crippen LogP contribution >= 0.6 is 11.6 Å². The lowest BCUT2D eigenvalue weighted by atomic mass is 10.0. The summed E-state index contributed by atoms with van der Waals surface area (Å²) in [4.78, 5) is 4.03. The van der Waals surface area contributed by atoms with Crippen molar-refractivity contribution in [3.63, 3.8) is 0 Å². The predicted molar refractivity (Wildman–Crippen MR) is 108 cm³/mol. The summed E-state index contributed by atoms with van der Waals surface area (Å²) < 4.78 is 11.7. The van der Waals surface area contributed by atoms with Crippen LogP contribution in [0.2, 0.25) is 5.02 Å². The van der Waals surface area contributed by atoms with Gasteiger partial charge < -0.3 is 15.2 Å². The number of nitrogens with two attached hydrogens (primary N) is 1. The van der Waals surface area contributed by atoms with Gasteiger partial charge in [0, 0.05) is 29.0 Å². The van der Waals surface area contributed by atoms with Crippen LogP contribution in [0, 0.1) is 0 Å². The van der Waals surface area contributed by atoms with Crippen molar-refractivity contribution >= 4 is 11.6 Å². The minimum absolute atomic E-state index is 0.0997. The second kappa shape index (κ2) is 9.40. The Kier molecular flexibility index (Phi) is 6.69. The molecule has 0 aliphatic rings. The number of rotatable bonds is 8. The standard InChI is InChI=1S/C22H23ClN2O2/c1-2-26-22-14-16(13-20(24)17-9-11-25-12-10-17)7-8-21(22)27-15-18-5-3-4-6-19(18)23/h3-12,14,20H,2,13,15,24H2,1H3. The van der Waals surface area contributed by atoms with Crippen molar-refractivity contribution in [3.05, 3.63) is 88.7 Å². The first-order chi connectivity index (χ1) is 13.2. The summed E-state index contributed by atoms with van der Waals surface area (Å²) in [6, 6.07) is 17.4. The average molecular weight is 383 g/mol. The molecule has 27 heavy (non-hydrogen) atoms. The molecule has 0 spiro atoms. The summed E-state index contributed by atoms with van der Waals surface area (Å²) in [5, 5.41) is 0.690. The van der Waals surface area contributed by atoms with Crippen LogP contribution in [0.25, 0.3) is 0 Å². The molecule has 3 rings (SSSR count). The molecular formula is C22H23ClN2O2. The van der Waals surface area contributed by atoms with Gasteiger partial charge in [0.15, 0.2) is 11.5 Å². The number of hydrogen-bond donors (Lipinski definition) is 1. The number of nitrogens with zero attached hydrogens (tertiary/aromatic N) is 1. The second-order valence-corrected chi connectivity index (χ2v) is 6.59. The molecule has 1 heterocycles. The number of pyridine rings is 1. The van der Waals surface area contributed by atoms with Crippen LogP contribution in [-0.4, -0.2) is 11.6 Å². The minimum Gasteiger partial charge on any atom is -0.490 e. The molecule has 0 fully saturated rings. The quantitative estimate of drug-likeness (QED) is 0.598. The normalized spacial score (nSPS) is 11.8. The Labute approximate surface area is 164 Å². The van der Waals surface area contributed by atoms with Gasteiger partial charge in [-0.1, -0.05) is 35.9 Å². The molecular weight excluding hydrogens is 360 g/mol. The van der Waals surface area contributed by atoms with Crippen LogP contribution in [0.1, 0.15) is 29.7 Å². The van der Waals surface area contributed by atoms with Crippen molar-refractivity contribution in [2.24, 2.45) is 5.73 Å². The smallest absolute Gasteiger partial charge is 0.161 e. The SMILES string of the molecule is CCOc1cc(CC(N)c2ccncc2)ccc1OCc1ccccc1Cl. The fourth-order valence-corrected chi connectivity index (χ4v) is 3.01. The van der Waals surface area contributed by atoms with Crippen molar-refractivity contribution in [1.82, 2.24) is 4.98 Å². The van der Waals surface area contributed by atoms with Gasteiger partial charge in [-0.05, 0) is 54.8 Å². The third-order valence-corrected chi connectivity index (χ3v) is 4.61. The Morgan fingerprint density at radius 3 is 2.52 bits per heavy atom. The molecule has 3 aromatic rings. The number of aromatic nitrogens is 1. The Morgan fingerprint density at radius 1 is 1.00 bits per heavy atom. The lowest BCUT2D eigenvalue weighted by Gasteiger charge is -2.16. The lowest BCUT2D eigenvalue weighted by Crippen LogP contribution is -2.13. The highest BCUT2D eigenvalue weighted by molar-refractivity contribution is 6.31. The highest BCUT2D eigenvalue weighted by atomic mass is 35.5. The van der Waals surface area contributed by atoms with E-state index in [1.54, 1.807) is 12.4 Å². The zero-order valence-electron chi connectivity index (χ0n) is 15.3. The van der Waals surface area contributed by atoms with Gasteiger partial charge in [0.1, 0.15) is 6.61 Å². The Bertz CT molecular complexity index is 871. The van der Waals surface area contributed by atoms with E-state index in [0.717, 1.165) is 16.7 Å². The first-order valence-corrected chi connectivity index (χ1v) is 9.32. The summed E-state index contributed by atoms with van der Waals surface area (Å²) in [5.74, 6) is 1.40. The van der Waals surface area contributed by atoms with Gasteiger partial charge in [0.25, 0.3) is 0 Å². The molecule has 2 N–H and O–H groups in total. The maximum Gasteiger partial charge on any atom is 0.161 e. The summed E-state index contributed by atoms with van der Waals surface area (Å²) in [5.41, 5.74) is 9.41. The highest BCUT2D eigenvalue weighted by Gasteiger charge is 2.12. The molecule has 140 valence electrons. The van der Waals surface area contributed by atoms with Crippen LogP contribution < -0.4 is 15.2 Å². The first-order valence-electron chi connectivity index (χ1n) is 8.94. The zero-order valence-corrected chi connectivity index (χ0v) is 16.0. The van der Waals surface area contributed by atoms with Crippen molar-refractivity contribution in [2.45, 2.75) is 26.0 Å². The highest BCUT2D eigenvalue weighted by Crippen LogP contribution is 2.31. The van der Waals surface area contributed by atoms with E-state index in [-0.39, 0.29) is 6.04 Å². The Morgan fingerprint density at radius 2 is 1.78 bits per heavy atom. The average Bonchev–Trinajstić information content (AvgIpc) is 2.69. The van der Waals surface area contributed by atoms with Crippen molar-refractivity contribution in [1.29, 1.82) is 0 Å². The van der Waals surface area contributed by atoms with Gasteiger partial charge in [-0.25, -0.2) is 0 Å². The third kappa shape index (κ3) is 5.22. The lowest BCUT2D eigenvalue weighted by molar-refractivity contribution is 0.269. The van der Waals surface area contributed by atoms with Crippen LogP contribution in [-0.2, 0) is 13.0 Å². The van der Waals surface area contributed by atoms with E-state index in [4.69, 9.17) is 26.8 Å². The zero-order chi connectivity index (χ0) is 19.1. The summed E-state index contributed by atoms with van der Waals surface area (Å²) >= 11 is 6.20. The molecule has 0 saturated carbocycles. The van der Waals surface area contributed by atoms with Crippen molar-refractivity contribution in [3.8, 4) is 11.5 Å². The van der Waals surface area contributed by atoms with Gasteiger partial charge in [0.2, 0.25) is 0 Å². The molecule has 0 aliphatic carbocycles. The van der Waals surface area contributed by atoms with E-state index < -0.39 is 0 Å². The van der Waals surface area contributed by atoms with Gasteiger partial charge in [-0.3, -0.25) is 4.98 Å². The molecule has 0 amide bonds. The van der Waals surface area contributed by atoms with Gasteiger partial charge in [0.05, 0.1) is 6.61 Å². The predicted octanol–water partition coefficient (Wildman–Crippen LogP) is 4.96. The molecule has 5 heteroatoms. The first kappa shape index (κ1) is 19.2. The second-order valence-electron chi connectivity index (χ2n) is 6.19. The van der Waals surface area contributed by atoms with Crippen molar-refractivity contribution in [2.75, 3.05) is 6.61 Å². The van der Waals surface area contributed by atoms with Crippen molar-refractivity contribution < 1.29 is 9.47 Å². The summed E-state index contributed by atoms with van der Waals surface area (Å²) in [7, 11) is 0. The van der Waals surface area contributed by atoms with Crippen LogP contribution in [0.3, 0.4) is 0 Å². The largest absolute Gasteiger partial charge is 0.490 e. The third-order valence-electron chi connectivity index (χ3n) is 4.24. The van der Waals surface area contributed by atoms with Crippen LogP contribution in [0.5, 0.6) is 11.5 Å². The van der Waals surface area contributed by atoms with Crippen LogP contribution in [0.4, 0.5) is 0 Å². The van der Waals surface area contributed by atoms with E-state index in [9.17, 15) is 0 Å². The van der Waals surface area contributed by atoms with E-state index in [1.165, 1.54) is 0 Å². The van der Waals surface area contributed by atoms with Gasteiger partial charge >= 0.3 is 0 Å². The van der Waals surface area contributed by atoms with Crippen LogP contribution in [0.15, 0.2) is 67.0 Å². The molecule has 1 atom stereocenters. The summed E-state index contributed by atoms with van der Waals surface area (Å²) in [6.45, 7) is 2.89. The molecule has 2 aromatic carbocycles. The molecule has 0 saturated heterocycles. The fourth-order valence-electron chi connectivity index (χ4n) is 2.82. The summed E-state index contributed by atoms with van der Waals surface area (Å²) in [6.07, 6.45) is 4.22. The molecule has 0 bridgehead atoms. The number of benzene rings is 2. The Balaban J connectivity index is 1.73.